The van der Waals surface area contributed by atoms with Gasteiger partial charge in [-0.3, -0.25) is 0 Å². The summed E-state index contributed by atoms with van der Waals surface area (Å²) in [4.78, 5) is 19.1. The first-order valence-corrected chi connectivity index (χ1v) is 7.38. The maximum Gasteiger partial charge on any atom is 0.491 e. The largest absolute Gasteiger partial charge is 0.491 e. The van der Waals surface area contributed by atoms with Crippen molar-refractivity contribution in [3.8, 4) is 5.82 Å². The molecule has 1 aromatic carbocycles. The van der Waals surface area contributed by atoms with E-state index in [1.54, 1.807) is 29.0 Å². The quantitative estimate of drug-likeness (QED) is 0.541. The van der Waals surface area contributed by atoms with E-state index in [1.807, 2.05) is 0 Å². The Morgan fingerprint density at radius 3 is 2.77 bits per heavy atom. The van der Waals surface area contributed by atoms with Crippen LogP contribution in [0.5, 0.6) is 0 Å². The molecule has 3 rings (SSSR count). The standard InChI is InChI=1S/C16H13F3N4O3/c17-16(18,19)15(25)26-14(24)11-2-1-3-12-10(11)4-5-23(12)13-6-9(7-20)21-8-22-13/h1-6,8,14,24H,7,20H2. The highest BCUT2D eigenvalue weighted by Gasteiger charge is 2.42. The Morgan fingerprint density at radius 2 is 2.08 bits per heavy atom. The van der Waals surface area contributed by atoms with E-state index in [9.17, 15) is 23.1 Å². The summed E-state index contributed by atoms with van der Waals surface area (Å²) in [6.07, 6.45) is -4.29. The van der Waals surface area contributed by atoms with Crippen molar-refractivity contribution in [3.05, 3.63) is 54.1 Å². The number of nitrogens with zero attached hydrogens (tertiary/aromatic N) is 3. The Kier molecular flexibility index (Phi) is 4.62. The lowest BCUT2D eigenvalue weighted by Gasteiger charge is -2.15. The van der Waals surface area contributed by atoms with Gasteiger partial charge in [0.1, 0.15) is 12.1 Å². The fourth-order valence-electron chi connectivity index (χ4n) is 2.47. The number of rotatable bonds is 4. The topological polar surface area (TPSA) is 103 Å². The minimum Gasteiger partial charge on any atom is -0.425 e. The Labute approximate surface area is 144 Å². The molecule has 0 saturated carbocycles. The zero-order valence-electron chi connectivity index (χ0n) is 13.1. The van der Waals surface area contributed by atoms with Gasteiger partial charge in [0, 0.05) is 29.8 Å². The van der Waals surface area contributed by atoms with E-state index in [2.05, 4.69) is 14.7 Å². The van der Waals surface area contributed by atoms with Crippen molar-refractivity contribution in [2.45, 2.75) is 19.0 Å². The molecule has 7 nitrogen and oxygen atoms in total. The summed E-state index contributed by atoms with van der Waals surface area (Å²) >= 11 is 0. The number of alkyl halides is 3. The van der Waals surface area contributed by atoms with Crippen LogP contribution in [0.4, 0.5) is 13.2 Å². The van der Waals surface area contributed by atoms with Crippen molar-refractivity contribution in [1.82, 2.24) is 14.5 Å². The normalized spacial score (nSPS) is 13.0. The Hall–Kier alpha value is -2.98. The number of hydrogen-bond donors (Lipinski definition) is 2. The molecule has 0 spiro atoms. The van der Waals surface area contributed by atoms with Crippen LogP contribution in [-0.2, 0) is 16.1 Å². The van der Waals surface area contributed by atoms with E-state index < -0.39 is 18.4 Å². The summed E-state index contributed by atoms with van der Waals surface area (Å²) in [6, 6.07) is 7.79. The van der Waals surface area contributed by atoms with Gasteiger partial charge >= 0.3 is 12.1 Å². The molecule has 0 aliphatic rings. The van der Waals surface area contributed by atoms with Crippen molar-refractivity contribution < 1.29 is 27.8 Å². The number of carbonyl (C=O) groups is 1. The summed E-state index contributed by atoms with van der Waals surface area (Å²) < 4.78 is 42.7. The SMILES string of the molecule is NCc1cc(-n2ccc3c(C(O)OC(=O)C(F)(F)F)cccc32)ncn1. The fourth-order valence-corrected chi connectivity index (χ4v) is 2.47. The van der Waals surface area contributed by atoms with Crippen molar-refractivity contribution in [2.75, 3.05) is 0 Å². The lowest BCUT2D eigenvalue weighted by Crippen LogP contribution is -2.27. The summed E-state index contributed by atoms with van der Waals surface area (Å²) in [5.74, 6) is -1.97. The van der Waals surface area contributed by atoms with Gasteiger partial charge in [-0.2, -0.15) is 13.2 Å². The second-order valence-electron chi connectivity index (χ2n) is 5.29. The van der Waals surface area contributed by atoms with Crippen LogP contribution in [0.25, 0.3) is 16.7 Å². The number of carbonyl (C=O) groups excluding carboxylic acids is 1. The first-order valence-electron chi connectivity index (χ1n) is 7.38. The molecule has 3 N–H and O–H groups in total. The molecule has 2 heterocycles. The number of hydrogen-bond acceptors (Lipinski definition) is 6. The van der Waals surface area contributed by atoms with Crippen LogP contribution in [0.2, 0.25) is 0 Å². The summed E-state index contributed by atoms with van der Waals surface area (Å²) in [5.41, 5.74) is 6.73. The van der Waals surface area contributed by atoms with Gasteiger partial charge in [-0.15, -0.1) is 0 Å². The third kappa shape index (κ3) is 3.37. The number of fused-ring (bicyclic) bond motifs is 1. The molecule has 3 aromatic rings. The van der Waals surface area contributed by atoms with Gasteiger partial charge in [0.15, 0.2) is 0 Å². The number of halogens is 3. The second kappa shape index (κ2) is 6.73. The van der Waals surface area contributed by atoms with Gasteiger partial charge in [0.2, 0.25) is 6.29 Å². The van der Waals surface area contributed by atoms with Crippen LogP contribution in [-0.4, -0.2) is 31.8 Å². The number of nitrogens with two attached hydrogens (primary N) is 1. The molecule has 1 atom stereocenters. The van der Waals surface area contributed by atoms with Gasteiger partial charge < -0.3 is 20.1 Å². The second-order valence-corrected chi connectivity index (χ2v) is 5.29. The molecule has 0 fully saturated rings. The third-order valence-electron chi connectivity index (χ3n) is 3.65. The smallest absolute Gasteiger partial charge is 0.425 e. The highest BCUT2D eigenvalue weighted by molar-refractivity contribution is 5.85. The van der Waals surface area contributed by atoms with Gasteiger partial charge in [-0.05, 0) is 12.1 Å². The predicted molar refractivity (Wildman–Crippen MR) is 83.9 cm³/mol. The molecule has 0 radical (unpaired) electrons. The van der Waals surface area contributed by atoms with E-state index in [4.69, 9.17) is 5.73 Å². The van der Waals surface area contributed by atoms with E-state index in [0.29, 0.717) is 22.4 Å². The molecule has 2 aromatic heterocycles. The number of aromatic nitrogens is 3. The molecule has 1 unspecified atom stereocenters. The van der Waals surface area contributed by atoms with Gasteiger partial charge in [-0.1, -0.05) is 12.1 Å². The summed E-state index contributed by atoms with van der Waals surface area (Å²) in [7, 11) is 0. The molecule has 0 aliphatic heterocycles. The highest BCUT2D eigenvalue weighted by atomic mass is 19.4. The van der Waals surface area contributed by atoms with Crippen molar-refractivity contribution in [3.63, 3.8) is 0 Å². The molecule has 136 valence electrons. The van der Waals surface area contributed by atoms with Crippen LogP contribution in [0, 0.1) is 0 Å². The highest BCUT2D eigenvalue weighted by Crippen LogP contribution is 2.29. The zero-order valence-corrected chi connectivity index (χ0v) is 13.1. The van der Waals surface area contributed by atoms with E-state index >= 15 is 0 Å². The van der Waals surface area contributed by atoms with Crippen LogP contribution in [0.15, 0.2) is 42.9 Å². The molecule has 26 heavy (non-hydrogen) atoms. The van der Waals surface area contributed by atoms with Crippen molar-refractivity contribution in [2.24, 2.45) is 5.73 Å². The maximum absolute atomic E-state index is 12.3. The van der Waals surface area contributed by atoms with Crippen LogP contribution < -0.4 is 5.73 Å². The van der Waals surface area contributed by atoms with Crippen LogP contribution >= 0.6 is 0 Å². The Balaban J connectivity index is 2.00. The van der Waals surface area contributed by atoms with Gasteiger partial charge in [0.25, 0.3) is 0 Å². The summed E-state index contributed by atoms with van der Waals surface area (Å²) in [5, 5.41) is 10.3. The number of aliphatic hydroxyl groups excluding tert-OH is 1. The molecular weight excluding hydrogens is 353 g/mol. The Morgan fingerprint density at radius 1 is 1.31 bits per heavy atom. The number of esters is 1. The third-order valence-corrected chi connectivity index (χ3v) is 3.65. The van der Waals surface area contributed by atoms with Gasteiger partial charge in [-0.25, -0.2) is 14.8 Å². The average Bonchev–Trinajstić information content (AvgIpc) is 3.04. The molecule has 0 amide bonds. The predicted octanol–water partition coefficient (Wildman–Crippen LogP) is 1.98. The maximum atomic E-state index is 12.3. The van der Waals surface area contributed by atoms with E-state index in [-0.39, 0.29) is 12.1 Å². The minimum atomic E-state index is -5.19. The van der Waals surface area contributed by atoms with E-state index in [0.717, 1.165) is 0 Å². The van der Waals surface area contributed by atoms with Gasteiger partial charge in [0.05, 0.1) is 11.2 Å². The fraction of sp³-hybridized carbons (Fsp3) is 0.188. The van der Waals surface area contributed by atoms with Crippen LogP contribution in [0.1, 0.15) is 17.5 Å². The van der Waals surface area contributed by atoms with Crippen LogP contribution in [0.3, 0.4) is 0 Å². The number of ether oxygens (including phenoxy) is 1. The average molecular weight is 366 g/mol. The molecule has 10 heteroatoms. The lowest BCUT2D eigenvalue weighted by molar-refractivity contribution is -0.220. The summed E-state index contributed by atoms with van der Waals surface area (Å²) in [6.45, 7) is 0.214. The molecular formula is C16H13F3N4O3. The minimum absolute atomic E-state index is 0.0203. The lowest BCUT2D eigenvalue weighted by atomic mass is 10.1. The number of benzene rings is 1. The molecule has 0 bridgehead atoms. The molecule has 0 saturated heterocycles. The van der Waals surface area contributed by atoms with Crippen molar-refractivity contribution in [1.29, 1.82) is 0 Å². The first kappa shape index (κ1) is 17.8. The monoisotopic (exact) mass is 366 g/mol. The zero-order chi connectivity index (χ0) is 18.9. The Bertz CT molecular complexity index is 955. The first-order chi connectivity index (χ1) is 12.3. The van der Waals surface area contributed by atoms with Crippen molar-refractivity contribution >= 4 is 16.9 Å². The number of aliphatic hydroxyl groups is 1. The van der Waals surface area contributed by atoms with E-state index in [1.165, 1.54) is 18.5 Å². The molecule has 0 aliphatic carbocycles.